The van der Waals surface area contributed by atoms with Crippen molar-refractivity contribution in [3.05, 3.63) is 59.7 Å². The minimum absolute atomic E-state index is 0.159. The van der Waals surface area contributed by atoms with Crippen LogP contribution in [-0.4, -0.2) is 19.1 Å². The number of hydrogen-bond donors (Lipinski definition) is 1. The molecule has 0 aromatic heterocycles. The van der Waals surface area contributed by atoms with Crippen molar-refractivity contribution in [1.82, 2.24) is 0 Å². The summed E-state index contributed by atoms with van der Waals surface area (Å²) in [6.07, 6.45) is 4.16. The third kappa shape index (κ3) is 5.38. The topological polar surface area (TPSA) is 47.6 Å². The van der Waals surface area contributed by atoms with Gasteiger partial charge < -0.3 is 14.8 Å². The van der Waals surface area contributed by atoms with Gasteiger partial charge in [0, 0.05) is 11.8 Å². The van der Waals surface area contributed by atoms with Crippen LogP contribution in [0.4, 0.5) is 5.69 Å². The lowest BCUT2D eigenvalue weighted by atomic mass is 10.1. The van der Waals surface area contributed by atoms with Crippen LogP contribution in [-0.2, 0) is 11.2 Å². The third-order valence-electron chi connectivity index (χ3n) is 3.65. The second kappa shape index (κ2) is 9.52. The first-order chi connectivity index (χ1) is 12.2. The maximum atomic E-state index is 12.2. The van der Waals surface area contributed by atoms with Crippen molar-refractivity contribution in [3.63, 3.8) is 0 Å². The van der Waals surface area contributed by atoms with Gasteiger partial charge in [-0.15, -0.1) is 0 Å². The summed E-state index contributed by atoms with van der Waals surface area (Å²) in [6.45, 7) is 7.06. The molecule has 0 unspecified atom stereocenters. The van der Waals surface area contributed by atoms with E-state index in [4.69, 9.17) is 9.47 Å². The van der Waals surface area contributed by atoms with E-state index in [0.29, 0.717) is 24.7 Å². The first-order valence-electron chi connectivity index (χ1n) is 8.64. The molecule has 0 heterocycles. The molecule has 2 aromatic rings. The van der Waals surface area contributed by atoms with E-state index in [0.717, 1.165) is 23.2 Å². The van der Waals surface area contributed by atoms with Crippen LogP contribution in [0.1, 0.15) is 31.9 Å². The molecule has 25 heavy (non-hydrogen) atoms. The Labute approximate surface area is 149 Å². The van der Waals surface area contributed by atoms with Gasteiger partial charge in [0.1, 0.15) is 0 Å². The van der Waals surface area contributed by atoms with Crippen LogP contribution in [0.5, 0.6) is 11.5 Å². The Balaban J connectivity index is 2.10. The van der Waals surface area contributed by atoms with E-state index in [9.17, 15) is 4.79 Å². The number of amides is 1. The van der Waals surface area contributed by atoms with E-state index < -0.39 is 0 Å². The van der Waals surface area contributed by atoms with Gasteiger partial charge in [-0.3, -0.25) is 4.79 Å². The summed E-state index contributed by atoms with van der Waals surface area (Å²) < 4.78 is 11.1. The van der Waals surface area contributed by atoms with E-state index in [1.165, 1.54) is 6.08 Å². The standard InChI is InChI=1S/C21H25NO3/c1-4-17-9-7-8-10-18(17)22-21(23)14-12-16-11-13-19(24-5-2)20(15-16)25-6-3/h7-15H,4-6H2,1-3H3,(H,22,23). The van der Waals surface area contributed by atoms with E-state index >= 15 is 0 Å². The molecular formula is C21H25NO3. The lowest BCUT2D eigenvalue weighted by Crippen LogP contribution is -2.09. The molecule has 0 fully saturated rings. The fraction of sp³-hybridized carbons (Fsp3) is 0.286. The second-order valence-electron chi connectivity index (χ2n) is 5.41. The molecule has 0 aliphatic carbocycles. The van der Waals surface area contributed by atoms with Crippen LogP contribution in [0, 0.1) is 0 Å². The molecule has 1 amide bonds. The third-order valence-corrected chi connectivity index (χ3v) is 3.65. The number of benzene rings is 2. The van der Waals surface area contributed by atoms with Crippen molar-refractivity contribution in [2.45, 2.75) is 27.2 Å². The molecule has 0 spiro atoms. The zero-order valence-electron chi connectivity index (χ0n) is 15.0. The highest BCUT2D eigenvalue weighted by atomic mass is 16.5. The van der Waals surface area contributed by atoms with Gasteiger partial charge in [0.25, 0.3) is 0 Å². The van der Waals surface area contributed by atoms with E-state index in [2.05, 4.69) is 12.2 Å². The predicted molar refractivity (Wildman–Crippen MR) is 102 cm³/mol. The van der Waals surface area contributed by atoms with Gasteiger partial charge >= 0.3 is 0 Å². The van der Waals surface area contributed by atoms with Gasteiger partial charge in [0.05, 0.1) is 13.2 Å². The molecule has 0 atom stereocenters. The molecule has 1 N–H and O–H groups in total. The van der Waals surface area contributed by atoms with Crippen LogP contribution in [0.25, 0.3) is 6.08 Å². The number of carbonyl (C=O) groups excluding carboxylic acids is 1. The molecule has 4 nitrogen and oxygen atoms in total. The van der Waals surface area contributed by atoms with E-state index in [1.54, 1.807) is 6.08 Å². The second-order valence-corrected chi connectivity index (χ2v) is 5.41. The van der Waals surface area contributed by atoms with Crippen LogP contribution in [0.3, 0.4) is 0 Å². The van der Waals surface area contributed by atoms with Gasteiger partial charge in [-0.1, -0.05) is 31.2 Å². The smallest absolute Gasteiger partial charge is 0.248 e. The Morgan fingerprint density at radius 3 is 2.44 bits per heavy atom. The Hall–Kier alpha value is -2.75. The first-order valence-corrected chi connectivity index (χ1v) is 8.64. The maximum absolute atomic E-state index is 12.2. The lowest BCUT2D eigenvalue weighted by molar-refractivity contribution is -0.111. The summed E-state index contributed by atoms with van der Waals surface area (Å²) in [4.78, 5) is 12.2. The predicted octanol–water partition coefficient (Wildman–Crippen LogP) is 4.70. The number of nitrogens with one attached hydrogen (secondary N) is 1. The molecule has 0 bridgehead atoms. The number of ether oxygens (including phenoxy) is 2. The van der Waals surface area contributed by atoms with Crippen molar-refractivity contribution < 1.29 is 14.3 Å². The molecule has 2 aromatic carbocycles. The summed E-state index contributed by atoms with van der Waals surface area (Å²) in [5.74, 6) is 1.24. The summed E-state index contributed by atoms with van der Waals surface area (Å²) in [6, 6.07) is 13.4. The van der Waals surface area contributed by atoms with Crippen LogP contribution < -0.4 is 14.8 Å². The fourth-order valence-corrected chi connectivity index (χ4v) is 2.47. The van der Waals surface area contributed by atoms with Gasteiger partial charge in [0.15, 0.2) is 11.5 Å². The Morgan fingerprint density at radius 1 is 1.00 bits per heavy atom. The SMILES string of the molecule is CCOc1ccc(C=CC(=O)Nc2ccccc2CC)cc1OCC. The minimum Gasteiger partial charge on any atom is -0.490 e. The summed E-state index contributed by atoms with van der Waals surface area (Å²) in [5.41, 5.74) is 2.84. The van der Waals surface area contributed by atoms with Crippen LogP contribution in [0.15, 0.2) is 48.5 Å². The molecule has 2 rings (SSSR count). The number of para-hydroxylation sites is 1. The van der Waals surface area contributed by atoms with Crippen LogP contribution >= 0.6 is 0 Å². The van der Waals surface area contributed by atoms with E-state index in [1.807, 2.05) is 56.3 Å². The molecule has 0 aliphatic heterocycles. The van der Waals surface area contributed by atoms with Crippen molar-refractivity contribution in [1.29, 1.82) is 0 Å². The molecular weight excluding hydrogens is 314 g/mol. The highest BCUT2D eigenvalue weighted by Gasteiger charge is 2.06. The normalized spacial score (nSPS) is 10.7. The lowest BCUT2D eigenvalue weighted by Gasteiger charge is -2.11. The average molecular weight is 339 g/mol. The van der Waals surface area contributed by atoms with Crippen molar-refractivity contribution in [2.24, 2.45) is 0 Å². The van der Waals surface area contributed by atoms with Crippen molar-refractivity contribution in [2.75, 3.05) is 18.5 Å². The Morgan fingerprint density at radius 2 is 1.72 bits per heavy atom. The molecule has 0 saturated heterocycles. The zero-order valence-corrected chi connectivity index (χ0v) is 15.0. The maximum Gasteiger partial charge on any atom is 0.248 e. The summed E-state index contributed by atoms with van der Waals surface area (Å²) in [5, 5.41) is 2.92. The number of rotatable bonds is 8. The quantitative estimate of drug-likeness (QED) is 0.709. The average Bonchev–Trinajstić information content (AvgIpc) is 2.62. The highest BCUT2D eigenvalue weighted by molar-refractivity contribution is 6.02. The van der Waals surface area contributed by atoms with Gasteiger partial charge in [-0.25, -0.2) is 0 Å². The summed E-state index contributed by atoms with van der Waals surface area (Å²) in [7, 11) is 0. The summed E-state index contributed by atoms with van der Waals surface area (Å²) >= 11 is 0. The van der Waals surface area contributed by atoms with Crippen molar-refractivity contribution in [3.8, 4) is 11.5 Å². The number of hydrogen-bond acceptors (Lipinski definition) is 3. The molecule has 132 valence electrons. The van der Waals surface area contributed by atoms with Gasteiger partial charge in [-0.2, -0.15) is 0 Å². The fourth-order valence-electron chi connectivity index (χ4n) is 2.47. The Bertz CT molecular complexity index is 738. The number of aryl methyl sites for hydroxylation is 1. The van der Waals surface area contributed by atoms with Gasteiger partial charge in [0.2, 0.25) is 5.91 Å². The molecule has 4 heteroatoms. The van der Waals surface area contributed by atoms with Crippen LogP contribution in [0.2, 0.25) is 0 Å². The minimum atomic E-state index is -0.159. The molecule has 0 saturated carbocycles. The molecule has 0 radical (unpaired) electrons. The van der Waals surface area contributed by atoms with Crippen molar-refractivity contribution >= 4 is 17.7 Å². The largest absolute Gasteiger partial charge is 0.490 e. The molecule has 0 aliphatic rings. The zero-order chi connectivity index (χ0) is 18.1. The monoisotopic (exact) mass is 339 g/mol. The number of anilines is 1. The first kappa shape index (κ1) is 18.6. The Kier molecular flexibility index (Phi) is 7.08. The van der Waals surface area contributed by atoms with E-state index in [-0.39, 0.29) is 5.91 Å². The highest BCUT2D eigenvalue weighted by Crippen LogP contribution is 2.29. The number of carbonyl (C=O) groups is 1. The van der Waals surface area contributed by atoms with Gasteiger partial charge in [-0.05, 0) is 55.7 Å².